The van der Waals surface area contributed by atoms with Gasteiger partial charge in [0.05, 0.1) is 24.6 Å². The van der Waals surface area contributed by atoms with Gasteiger partial charge in [-0.15, -0.1) is 11.3 Å². The predicted molar refractivity (Wildman–Crippen MR) is 104 cm³/mol. The maximum absolute atomic E-state index is 12.7. The van der Waals surface area contributed by atoms with Crippen molar-refractivity contribution < 1.29 is 19.4 Å². The number of aryl methyl sites for hydroxylation is 1. The number of aliphatic carboxylic acids is 1. The number of nitrogens with zero attached hydrogens (tertiary/aromatic N) is 2. The number of amides is 1. The van der Waals surface area contributed by atoms with Gasteiger partial charge in [0.15, 0.2) is 0 Å². The monoisotopic (exact) mass is 388 g/mol. The van der Waals surface area contributed by atoms with Crippen LogP contribution in [0.3, 0.4) is 0 Å². The van der Waals surface area contributed by atoms with Crippen LogP contribution in [0.2, 0.25) is 0 Å². The number of hydrogen-bond donors (Lipinski definition) is 1. The molecule has 27 heavy (non-hydrogen) atoms. The van der Waals surface area contributed by atoms with Gasteiger partial charge in [0.2, 0.25) is 5.91 Å². The van der Waals surface area contributed by atoms with E-state index in [-0.39, 0.29) is 30.9 Å². The number of carboxylic acid groups (broad SMARTS) is 1. The topological polar surface area (TPSA) is 79.7 Å². The van der Waals surface area contributed by atoms with E-state index < -0.39 is 5.97 Å². The van der Waals surface area contributed by atoms with Crippen molar-refractivity contribution in [3.8, 4) is 10.6 Å². The molecular weight excluding hydrogens is 364 g/mol. The number of hydrogen-bond acceptors (Lipinski definition) is 5. The Bertz CT molecular complexity index is 803. The summed E-state index contributed by atoms with van der Waals surface area (Å²) >= 11 is 1.52. The second kappa shape index (κ2) is 8.63. The fraction of sp³-hybridized carbons (Fsp3) is 0.450. The van der Waals surface area contributed by atoms with Crippen LogP contribution < -0.4 is 0 Å². The highest BCUT2D eigenvalue weighted by Gasteiger charge is 2.36. The van der Waals surface area contributed by atoms with E-state index in [4.69, 9.17) is 9.84 Å². The molecular formula is C20H24N2O4S. The van der Waals surface area contributed by atoms with Gasteiger partial charge < -0.3 is 14.7 Å². The van der Waals surface area contributed by atoms with Crippen molar-refractivity contribution in [1.29, 1.82) is 0 Å². The normalized spacial score (nSPS) is 19.4. The van der Waals surface area contributed by atoms with Crippen LogP contribution in [0.1, 0.15) is 31.0 Å². The molecule has 0 bridgehead atoms. The molecule has 0 spiro atoms. The van der Waals surface area contributed by atoms with Gasteiger partial charge in [-0.1, -0.05) is 31.2 Å². The molecule has 1 fully saturated rings. The molecule has 1 aromatic heterocycles. The lowest BCUT2D eigenvalue weighted by Crippen LogP contribution is -2.38. The molecule has 7 heteroatoms. The molecule has 0 aliphatic carbocycles. The van der Waals surface area contributed by atoms with Gasteiger partial charge in [0.1, 0.15) is 5.01 Å². The quantitative estimate of drug-likeness (QED) is 0.789. The first-order chi connectivity index (χ1) is 13.0. The summed E-state index contributed by atoms with van der Waals surface area (Å²) in [5.74, 6) is -1.000. The highest BCUT2D eigenvalue weighted by Crippen LogP contribution is 2.27. The second-order valence-corrected chi connectivity index (χ2v) is 7.62. The molecule has 6 nitrogen and oxygen atoms in total. The molecule has 2 aromatic rings. The average molecular weight is 388 g/mol. The van der Waals surface area contributed by atoms with E-state index in [1.165, 1.54) is 16.9 Å². The molecule has 1 aliphatic heterocycles. The zero-order chi connectivity index (χ0) is 19.4. The van der Waals surface area contributed by atoms with Crippen LogP contribution in [0.4, 0.5) is 0 Å². The van der Waals surface area contributed by atoms with Crippen LogP contribution in [0.25, 0.3) is 10.6 Å². The number of carbonyl (C=O) groups excluding carboxylic acids is 1. The van der Waals surface area contributed by atoms with Crippen molar-refractivity contribution >= 4 is 23.2 Å². The minimum atomic E-state index is -0.902. The fourth-order valence-electron chi connectivity index (χ4n) is 3.41. The first-order valence-corrected chi connectivity index (χ1v) is 9.95. The van der Waals surface area contributed by atoms with E-state index in [1.807, 2.05) is 5.38 Å². The lowest BCUT2D eigenvalue weighted by molar-refractivity contribution is -0.139. The summed E-state index contributed by atoms with van der Waals surface area (Å²) in [5, 5.41) is 11.9. The van der Waals surface area contributed by atoms with Gasteiger partial charge in [-0.25, -0.2) is 4.98 Å². The van der Waals surface area contributed by atoms with Crippen LogP contribution in [0, 0.1) is 0 Å². The summed E-state index contributed by atoms with van der Waals surface area (Å²) in [7, 11) is 1.59. The third-order valence-electron chi connectivity index (χ3n) is 4.93. The minimum absolute atomic E-state index is 0.0578. The molecule has 1 aliphatic rings. The molecule has 1 saturated heterocycles. The molecule has 1 N–H and O–H groups in total. The number of rotatable bonds is 7. The Morgan fingerprint density at radius 2 is 2.07 bits per heavy atom. The van der Waals surface area contributed by atoms with Crippen molar-refractivity contribution in [3.63, 3.8) is 0 Å². The number of methoxy groups -OCH3 is 1. The first-order valence-electron chi connectivity index (χ1n) is 9.08. The molecule has 2 unspecified atom stereocenters. The number of aromatic nitrogens is 1. The van der Waals surface area contributed by atoms with E-state index in [2.05, 4.69) is 36.2 Å². The van der Waals surface area contributed by atoms with Gasteiger partial charge in [-0.05, 0) is 18.4 Å². The van der Waals surface area contributed by atoms with Gasteiger partial charge >= 0.3 is 5.97 Å². The summed E-state index contributed by atoms with van der Waals surface area (Å²) in [6.45, 7) is 2.55. The van der Waals surface area contributed by atoms with Crippen molar-refractivity contribution in [2.24, 2.45) is 0 Å². The van der Waals surface area contributed by atoms with Crippen molar-refractivity contribution in [3.05, 3.63) is 40.9 Å². The van der Waals surface area contributed by atoms with Gasteiger partial charge in [0, 0.05) is 30.6 Å². The van der Waals surface area contributed by atoms with Crippen LogP contribution >= 0.6 is 11.3 Å². The maximum Gasteiger partial charge on any atom is 0.305 e. The Hall–Kier alpha value is -2.25. The van der Waals surface area contributed by atoms with E-state index in [9.17, 15) is 9.59 Å². The SMILES string of the molecule is CCc1ccc(-c2nc(CC(=O)N3CC(OC)CC3CC(=O)O)cs2)cc1. The highest BCUT2D eigenvalue weighted by atomic mass is 32.1. The third-order valence-corrected chi connectivity index (χ3v) is 5.87. The number of carbonyl (C=O) groups is 2. The third kappa shape index (κ3) is 4.73. The van der Waals surface area contributed by atoms with Crippen molar-refractivity contribution in [1.82, 2.24) is 9.88 Å². The van der Waals surface area contributed by atoms with E-state index >= 15 is 0 Å². The standard InChI is InChI=1S/C20H24N2O4S/c1-3-13-4-6-14(7-5-13)20-21-15(12-27-20)8-18(23)22-11-17(26-2)9-16(22)10-19(24)25/h4-7,12,16-17H,3,8-11H2,1-2H3,(H,24,25). The molecule has 144 valence electrons. The molecule has 2 heterocycles. The van der Waals surface area contributed by atoms with E-state index in [0.29, 0.717) is 13.0 Å². The average Bonchev–Trinajstić information content (AvgIpc) is 3.28. The molecule has 0 saturated carbocycles. The maximum atomic E-state index is 12.7. The molecule has 3 rings (SSSR count). The molecule has 1 amide bonds. The van der Waals surface area contributed by atoms with Gasteiger partial charge in [-0.2, -0.15) is 0 Å². The number of likely N-dealkylation sites (tertiary alicyclic amines) is 1. The van der Waals surface area contributed by atoms with Crippen molar-refractivity contribution in [2.75, 3.05) is 13.7 Å². The molecule has 1 aromatic carbocycles. The van der Waals surface area contributed by atoms with Crippen LogP contribution in [0.15, 0.2) is 29.6 Å². The molecule has 2 atom stereocenters. The Kier molecular flexibility index (Phi) is 6.23. The second-order valence-electron chi connectivity index (χ2n) is 6.76. The van der Waals surface area contributed by atoms with E-state index in [1.54, 1.807) is 12.0 Å². The Morgan fingerprint density at radius 1 is 1.33 bits per heavy atom. The lowest BCUT2D eigenvalue weighted by atomic mass is 10.1. The van der Waals surface area contributed by atoms with Crippen molar-refractivity contribution in [2.45, 2.75) is 44.8 Å². The highest BCUT2D eigenvalue weighted by molar-refractivity contribution is 7.13. The Balaban J connectivity index is 1.68. The van der Waals surface area contributed by atoms with E-state index in [0.717, 1.165) is 22.7 Å². The number of ether oxygens (including phenoxy) is 1. The largest absolute Gasteiger partial charge is 0.481 e. The summed E-state index contributed by atoms with van der Waals surface area (Å²) < 4.78 is 5.33. The Labute approximate surface area is 162 Å². The summed E-state index contributed by atoms with van der Waals surface area (Å²) in [4.78, 5) is 30.1. The zero-order valence-corrected chi connectivity index (χ0v) is 16.4. The number of carboxylic acids is 1. The summed E-state index contributed by atoms with van der Waals surface area (Å²) in [6, 6.07) is 7.96. The summed E-state index contributed by atoms with van der Waals surface area (Å²) in [6.07, 6.45) is 1.56. The number of benzene rings is 1. The van der Waals surface area contributed by atoms with Gasteiger partial charge in [-0.3, -0.25) is 9.59 Å². The number of thiazole rings is 1. The Morgan fingerprint density at radius 3 is 2.70 bits per heavy atom. The van der Waals surface area contributed by atoms with Crippen LogP contribution in [-0.2, 0) is 27.2 Å². The molecule has 0 radical (unpaired) electrons. The van der Waals surface area contributed by atoms with Crippen LogP contribution in [-0.4, -0.2) is 52.7 Å². The smallest absolute Gasteiger partial charge is 0.305 e. The fourth-order valence-corrected chi connectivity index (χ4v) is 4.23. The lowest BCUT2D eigenvalue weighted by Gasteiger charge is -2.22. The minimum Gasteiger partial charge on any atom is -0.481 e. The predicted octanol–water partition coefficient (Wildman–Crippen LogP) is 3.01. The first kappa shape index (κ1) is 19.5. The summed E-state index contributed by atoms with van der Waals surface area (Å²) in [5.41, 5.74) is 3.03. The van der Waals surface area contributed by atoms with Gasteiger partial charge in [0.25, 0.3) is 0 Å². The zero-order valence-electron chi connectivity index (χ0n) is 15.6. The van der Waals surface area contributed by atoms with Crippen LogP contribution in [0.5, 0.6) is 0 Å².